The van der Waals surface area contributed by atoms with Crippen molar-refractivity contribution in [3.05, 3.63) is 59.7 Å². The van der Waals surface area contributed by atoms with Crippen molar-refractivity contribution in [1.29, 1.82) is 0 Å². The standard InChI is InChI=1S/C15H16O4/c1-10(14(16)17)8-13(11(2)15(18)19)9-12-6-4-3-5-7-12/h3-8,13H,2,9H2,1H3,(H,16,17)(H,18,19). The first-order valence-corrected chi connectivity index (χ1v) is 5.79. The van der Waals surface area contributed by atoms with E-state index in [1.165, 1.54) is 13.0 Å². The van der Waals surface area contributed by atoms with E-state index >= 15 is 0 Å². The predicted molar refractivity (Wildman–Crippen MR) is 71.8 cm³/mol. The van der Waals surface area contributed by atoms with Crippen molar-refractivity contribution in [1.82, 2.24) is 0 Å². The van der Waals surface area contributed by atoms with Crippen molar-refractivity contribution in [2.45, 2.75) is 13.3 Å². The molecule has 0 saturated heterocycles. The number of carboxylic acids is 2. The first kappa shape index (κ1) is 14.7. The van der Waals surface area contributed by atoms with Gasteiger partial charge in [0.25, 0.3) is 0 Å². The molecule has 0 bridgehead atoms. The second kappa shape index (κ2) is 6.54. The Morgan fingerprint density at radius 2 is 1.79 bits per heavy atom. The zero-order chi connectivity index (χ0) is 14.4. The van der Waals surface area contributed by atoms with E-state index in [4.69, 9.17) is 10.2 Å². The van der Waals surface area contributed by atoms with Gasteiger partial charge in [0.05, 0.1) is 0 Å². The highest BCUT2D eigenvalue weighted by Crippen LogP contribution is 2.19. The molecule has 0 aliphatic rings. The molecule has 0 spiro atoms. The van der Waals surface area contributed by atoms with Crippen molar-refractivity contribution in [2.24, 2.45) is 5.92 Å². The zero-order valence-electron chi connectivity index (χ0n) is 10.7. The van der Waals surface area contributed by atoms with Gasteiger partial charge in [0.1, 0.15) is 0 Å². The first-order valence-electron chi connectivity index (χ1n) is 5.79. The topological polar surface area (TPSA) is 74.6 Å². The highest BCUT2D eigenvalue weighted by atomic mass is 16.4. The van der Waals surface area contributed by atoms with Gasteiger partial charge >= 0.3 is 11.9 Å². The molecular weight excluding hydrogens is 244 g/mol. The fourth-order valence-electron chi connectivity index (χ4n) is 1.68. The Morgan fingerprint density at radius 3 is 2.26 bits per heavy atom. The number of hydrogen-bond donors (Lipinski definition) is 2. The summed E-state index contributed by atoms with van der Waals surface area (Å²) in [6, 6.07) is 9.30. The molecule has 1 atom stereocenters. The van der Waals surface area contributed by atoms with Crippen LogP contribution in [0.3, 0.4) is 0 Å². The molecule has 0 heterocycles. The highest BCUT2D eigenvalue weighted by molar-refractivity contribution is 5.89. The van der Waals surface area contributed by atoms with Crippen LogP contribution in [0.2, 0.25) is 0 Å². The fraction of sp³-hybridized carbons (Fsp3) is 0.200. The number of carbonyl (C=O) groups is 2. The van der Waals surface area contributed by atoms with Crippen LogP contribution in [0, 0.1) is 5.92 Å². The van der Waals surface area contributed by atoms with Crippen LogP contribution in [0.25, 0.3) is 0 Å². The predicted octanol–water partition coefficient (Wildman–Crippen LogP) is 2.52. The van der Waals surface area contributed by atoms with Gasteiger partial charge in [-0.25, -0.2) is 9.59 Å². The van der Waals surface area contributed by atoms with E-state index < -0.39 is 17.9 Å². The van der Waals surface area contributed by atoms with E-state index in [1.807, 2.05) is 30.3 Å². The average Bonchev–Trinajstić information content (AvgIpc) is 2.37. The number of hydrogen-bond acceptors (Lipinski definition) is 2. The molecule has 1 rings (SSSR count). The van der Waals surface area contributed by atoms with E-state index in [9.17, 15) is 9.59 Å². The van der Waals surface area contributed by atoms with E-state index in [2.05, 4.69) is 6.58 Å². The summed E-state index contributed by atoms with van der Waals surface area (Å²) in [4.78, 5) is 21.8. The van der Waals surface area contributed by atoms with Crippen LogP contribution in [0.5, 0.6) is 0 Å². The van der Waals surface area contributed by atoms with Crippen molar-refractivity contribution in [2.75, 3.05) is 0 Å². The molecule has 2 N–H and O–H groups in total. The van der Waals surface area contributed by atoms with Crippen molar-refractivity contribution >= 4 is 11.9 Å². The normalized spacial score (nSPS) is 12.8. The Hall–Kier alpha value is -2.36. The summed E-state index contributed by atoms with van der Waals surface area (Å²) in [6.45, 7) is 4.97. The molecule has 1 aromatic rings. The van der Waals surface area contributed by atoms with Gasteiger partial charge in [0.15, 0.2) is 0 Å². The molecule has 0 aromatic heterocycles. The Balaban J connectivity index is 3.00. The van der Waals surface area contributed by atoms with Crippen LogP contribution in [0.1, 0.15) is 12.5 Å². The number of allylic oxidation sites excluding steroid dienone is 1. The summed E-state index contributed by atoms with van der Waals surface area (Å²) in [6.07, 6.45) is 1.85. The van der Waals surface area contributed by atoms with E-state index in [0.29, 0.717) is 6.42 Å². The van der Waals surface area contributed by atoms with Crippen molar-refractivity contribution < 1.29 is 19.8 Å². The molecule has 1 unspecified atom stereocenters. The lowest BCUT2D eigenvalue weighted by molar-refractivity contribution is -0.134. The van der Waals surface area contributed by atoms with Gasteiger partial charge in [-0.3, -0.25) is 0 Å². The van der Waals surface area contributed by atoms with Gasteiger partial charge in [-0.05, 0) is 18.9 Å². The summed E-state index contributed by atoms with van der Waals surface area (Å²) in [5.74, 6) is -2.71. The van der Waals surface area contributed by atoms with Gasteiger partial charge < -0.3 is 10.2 Å². The first-order chi connectivity index (χ1) is 8.91. The molecule has 19 heavy (non-hydrogen) atoms. The number of benzene rings is 1. The fourth-order valence-corrected chi connectivity index (χ4v) is 1.68. The number of rotatable bonds is 6. The van der Waals surface area contributed by atoms with Gasteiger partial charge in [-0.2, -0.15) is 0 Å². The summed E-state index contributed by atoms with van der Waals surface area (Å²) < 4.78 is 0. The Bertz CT molecular complexity index is 514. The van der Waals surface area contributed by atoms with Crippen LogP contribution in [0.4, 0.5) is 0 Å². The molecule has 0 saturated carbocycles. The molecule has 4 nitrogen and oxygen atoms in total. The smallest absolute Gasteiger partial charge is 0.331 e. The van der Waals surface area contributed by atoms with Gasteiger partial charge in [-0.15, -0.1) is 0 Å². The third-order valence-corrected chi connectivity index (χ3v) is 2.81. The van der Waals surface area contributed by atoms with E-state index in [1.54, 1.807) is 0 Å². The van der Waals surface area contributed by atoms with Crippen molar-refractivity contribution in [3.63, 3.8) is 0 Å². The lowest BCUT2D eigenvalue weighted by Gasteiger charge is -2.13. The van der Waals surface area contributed by atoms with Gasteiger partial charge in [-0.1, -0.05) is 43.0 Å². The minimum atomic E-state index is -1.12. The highest BCUT2D eigenvalue weighted by Gasteiger charge is 2.18. The maximum atomic E-state index is 11.0. The lowest BCUT2D eigenvalue weighted by Crippen LogP contribution is -2.14. The molecule has 4 heteroatoms. The monoisotopic (exact) mass is 260 g/mol. The number of aliphatic carboxylic acids is 2. The molecule has 100 valence electrons. The molecule has 0 aliphatic heterocycles. The van der Waals surface area contributed by atoms with Crippen LogP contribution in [-0.2, 0) is 16.0 Å². The summed E-state index contributed by atoms with van der Waals surface area (Å²) in [5, 5.41) is 17.9. The third kappa shape index (κ3) is 4.43. The zero-order valence-corrected chi connectivity index (χ0v) is 10.7. The molecular formula is C15H16O4. The van der Waals surface area contributed by atoms with Gasteiger partial charge in [0, 0.05) is 17.1 Å². The van der Waals surface area contributed by atoms with E-state index in [0.717, 1.165) is 5.56 Å². The molecule has 0 amide bonds. The van der Waals surface area contributed by atoms with Crippen molar-refractivity contribution in [3.8, 4) is 0 Å². The largest absolute Gasteiger partial charge is 0.478 e. The summed E-state index contributed by atoms with van der Waals surface area (Å²) in [5.41, 5.74) is 1.04. The van der Waals surface area contributed by atoms with Gasteiger partial charge in [0.2, 0.25) is 0 Å². The lowest BCUT2D eigenvalue weighted by atomic mass is 9.91. The average molecular weight is 260 g/mol. The molecule has 1 aromatic carbocycles. The van der Waals surface area contributed by atoms with Crippen LogP contribution < -0.4 is 0 Å². The Labute approximate surface area is 111 Å². The third-order valence-electron chi connectivity index (χ3n) is 2.81. The summed E-state index contributed by atoms with van der Waals surface area (Å²) >= 11 is 0. The Morgan fingerprint density at radius 1 is 1.21 bits per heavy atom. The van der Waals surface area contributed by atoms with Crippen LogP contribution in [0.15, 0.2) is 54.1 Å². The second-order valence-corrected chi connectivity index (χ2v) is 4.28. The minimum absolute atomic E-state index is 0.00977. The second-order valence-electron chi connectivity index (χ2n) is 4.28. The SMILES string of the molecule is C=C(C(=O)O)C(C=C(C)C(=O)O)Cc1ccccc1. The molecule has 0 radical (unpaired) electrons. The summed E-state index contributed by atoms with van der Waals surface area (Å²) in [7, 11) is 0. The maximum Gasteiger partial charge on any atom is 0.331 e. The number of carboxylic acid groups (broad SMARTS) is 2. The molecule has 0 fully saturated rings. The maximum absolute atomic E-state index is 11.0. The van der Waals surface area contributed by atoms with Crippen LogP contribution >= 0.6 is 0 Å². The van der Waals surface area contributed by atoms with E-state index in [-0.39, 0.29) is 11.1 Å². The quantitative estimate of drug-likeness (QED) is 0.771. The molecule has 0 aliphatic carbocycles. The van der Waals surface area contributed by atoms with Crippen LogP contribution in [-0.4, -0.2) is 22.2 Å². The minimum Gasteiger partial charge on any atom is -0.478 e. The Kier molecular flexibility index (Phi) is 5.06.